The number of nitro groups is 1. The summed E-state index contributed by atoms with van der Waals surface area (Å²) in [6.07, 6.45) is 3.65. The number of ketones is 1. The summed E-state index contributed by atoms with van der Waals surface area (Å²) in [5.41, 5.74) is 0.308. The molecule has 0 saturated heterocycles. The Kier molecular flexibility index (Phi) is 4.28. The fourth-order valence-corrected chi connectivity index (χ4v) is 3.01. The molecule has 3 rings (SSSR count). The van der Waals surface area contributed by atoms with Crippen molar-refractivity contribution in [2.45, 2.75) is 45.8 Å². The van der Waals surface area contributed by atoms with E-state index in [-0.39, 0.29) is 17.6 Å². The van der Waals surface area contributed by atoms with Crippen LogP contribution >= 0.6 is 0 Å². The highest BCUT2D eigenvalue weighted by Crippen LogP contribution is 2.36. The van der Waals surface area contributed by atoms with Crippen LogP contribution in [0.2, 0.25) is 0 Å². The Morgan fingerprint density at radius 2 is 2.24 bits per heavy atom. The lowest BCUT2D eigenvalue weighted by Crippen LogP contribution is -2.34. The molecule has 1 aliphatic heterocycles. The van der Waals surface area contributed by atoms with Crippen LogP contribution in [0.25, 0.3) is 0 Å². The third-order valence-electron chi connectivity index (χ3n) is 4.28. The van der Waals surface area contributed by atoms with Crippen molar-refractivity contribution in [2.75, 3.05) is 0 Å². The first kappa shape index (κ1) is 17.1. The molecular formula is C17H20N4O4. The highest BCUT2D eigenvalue weighted by molar-refractivity contribution is 5.87. The van der Waals surface area contributed by atoms with Gasteiger partial charge in [0, 0.05) is 36.0 Å². The van der Waals surface area contributed by atoms with Gasteiger partial charge in [0.25, 0.3) is 5.69 Å². The highest BCUT2D eigenvalue weighted by atomic mass is 16.6. The summed E-state index contributed by atoms with van der Waals surface area (Å²) >= 11 is 0. The number of Topliss-reactive ketones (excluding diaryl/α,β-unsaturated/α-hetero) is 1. The van der Waals surface area contributed by atoms with Crippen LogP contribution in [0.1, 0.15) is 38.8 Å². The molecule has 0 bridgehead atoms. The molecule has 0 spiro atoms. The van der Waals surface area contributed by atoms with E-state index in [1.54, 1.807) is 10.7 Å². The third-order valence-corrected chi connectivity index (χ3v) is 4.28. The molecule has 0 fully saturated rings. The largest absolute Gasteiger partial charge is 0.490 e. The lowest BCUT2D eigenvalue weighted by atomic mass is 9.84. The molecule has 8 nitrogen and oxygen atoms in total. The fourth-order valence-electron chi connectivity index (χ4n) is 3.01. The van der Waals surface area contributed by atoms with Gasteiger partial charge in [-0.05, 0) is 6.07 Å². The Morgan fingerprint density at radius 3 is 2.84 bits per heavy atom. The topological polar surface area (TPSA) is 100 Å². The Labute approximate surface area is 145 Å². The van der Waals surface area contributed by atoms with Gasteiger partial charge in [-0.2, -0.15) is 5.10 Å². The van der Waals surface area contributed by atoms with Crippen molar-refractivity contribution >= 4 is 11.5 Å². The maximum Gasteiger partial charge on any atom is 0.269 e. The van der Waals surface area contributed by atoms with E-state index in [1.165, 1.54) is 24.8 Å². The monoisotopic (exact) mass is 344 g/mol. The van der Waals surface area contributed by atoms with Crippen LogP contribution in [0, 0.1) is 15.5 Å². The number of hydrogen-bond acceptors (Lipinski definition) is 6. The maximum absolute atomic E-state index is 12.8. The number of carbonyl (C=O) groups excluding carboxylic acids is 1. The van der Waals surface area contributed by atoms with Crippen molar-refractivity contribution in [3.63, 3.8) is 0 Å². The number of rotatable bonds is 5. The van der Waals surface area contributed by atoms with Crippen molar-refractivity contribution < 1.29 is 14.5 Å². The lowest BCUT2D eigenvalue weighted by Gasteiger charge is -2.26. The minimum Gasteiger partial charge on any atom is -0.490 e. The van der Waals surface area contributed by atoms with Gasteiger partial charge in [-0.1, -0.05) is 20.8 Å². The molecule has 2 aromatic rings. The van der Waals surface area contributed by atoms with Gasteiger partial charge in [-0.25, -0.2) is 9.67 Å². The quantitative estimate of drug-likeness (QED) is 0.611. The van der Waals surface area contributed by atoms with Crippen LogP contribution in [0.4, 0.5) is 5.69 Å². The molecule has 1 aromatic heterocycles. The molecule has 0 saturated carbocycles. The number of aromatic nitrogens is 3. The summed E-state index contributed by atoms with van der Waals surface area (Å²) in [5, 5.41) is 15.0. The van der Waals surface area contributed by atoms with E-state index >= 15 is 0 Å². The number of non-ortho nitro benzene ring substituents is 1. The Bertz CT molecular complexity index is 795. The summed E-state index contributed by atoms with van der Waals surface area (Å²) < 4.78 is 7.45. The van der Waals surface area contributed by atoms with Crippen LogP contribution in [0.15, 0.2) is 30.9 Å². The zero-order valence-electron chi connectivity index (χ0n) is 14.4. The minimum absolute atomic E-state index is 0.0431. The second kappa shape index (κ2) is 6.27. The number of benzene rings is 1. The number of nitro benzene ring substituents is 1. The molecule has 2 heterocycles. The zero-order valence-corrected chi connectivity index (χ0v) is 14.4. The minimum atomic E-state index is -0.527. The molecule has 132 valence electrons. The lowest BCUT2D eigenvalue weighted by molar-refractivity contribution is -0.384. The van der Waals surface area contributed by atoms with Gasteiger partial charge >= 0.3 is 0 Å². The van der Waals surface area contributed by atoms with Crippen LogP contribution in [0.3, 0.4) is 0 Å². The molecule has 1 aromatic carbocycles. The average molecular weight is 344 g/mol. The van der Waals surface area contributed by atoms with Gasteiger partial charge in [0.2, 0.25) is 0 Å². The number of carbonyl (C=O) groups is 1. The molecule has 2 atom stereocenters. The first-order valence-corrected chi connectivity index (χ1v) is 8.08. The molecule has 0 aliphatic carbocycles. The third kappa shape index (κ3) is 3.52. The second-order valence-electron chi connectivity index (χ2n) is 7.23. The van der Waals surface area contributed by atoms with Gasteiger partial charge in [0.1, 0.15) is 30.5 Å². The predicted molar refractivity (Wildman–Crippen MR) is 89.4 cm³/mol. The number of ether oxygens (including phenoxy) is 1. The summed E-state index contributed by atoms with van der Waals surface area (Å²) in [4.78, 5) is 27.3. The number of nitrogens with zero attached hydrogens (tertiary/aromatic N) is 4. The number of fused-ring (bicyclic) bond motifs is 1. The van der Waals surface area contributed by atoms with Crippen LogP contribution in [0.5, 0.6) is 5.75 Å². The first-order chi connectivity index (χ1) is 11.8. The molecule has 0 amide bonds. The summed E-state index contributed by atoms with van der Waals surface area (Å²) in [5.74, 6) is 0.680. The Morgan fingerprint density at radius 1 is 1.48 bits per heavy atom. The molecule has 25 heavy (non-hydrogen) atoms. The van der Waals surface area contributed by atoms with E-state index in [1.807, 2.05) is 20.8 Å². The van der Waals surface area contributed by atoms with E-state index in [0.29, 0.717) is 18.6 Å². The van der Waals surface area contributed by atoms with Crippen molar-refractivity contribution in [1.82, 2.24) is 14.8 Å². The predicted octanol–water partition coefficient (Wildman–Crippen LogP) is 2.74. The molecule has 0 N–H and O–H groups in total. The van der Waals surface area contributed by atoms with Crippen molar-refractivity contribution in [1.29, 1.82) is 0 Å². The zero-order chi connectivity index (χ0) is 18.2. The standard InChI is InChI=1S/C17H20N4O4/c1-17(2,3)16(22)14(20-10-18-9-19-20)8-13-7-11-6-12(21(23)24)4-5-15(11)25-13/h4-6,9-10,13-14H,7-8H2,1-3H3. The van der Waals surface area contributed by atoms with Gasteiger partial charge < -0.3 is 4.74 Å². The van der Waals surface area contributed by atoms with Crippen molar-refractivity contribution in [3.05, 3.63) is 46.5 Å². The maximum atomic E-state index is 12.8. The Hall–Kier alpha value is -2.77. The second-order valence-corrected chi connectivity index (χ2v) is 7.23. The first-order valence-electron chi connectivity index (χ1n) is 8.08. The van der Waals surface area contributed by atoms with Crippen LogP contribution in [-0.4, -0.2) is 31.6 Å². The summed E-state index contributed by atoms with van der Waals surface area (Å²) in [6.45, 7) is 5.60. The SMILES string of the molecule is CC(C)(C)C(=O)C(CC1Cc2cc([N+](=O)[O-])ccc2O1)n1cncn1. The molecule has 8 heteroatoms. The smallest absolute Gasteiger partial charge is 0.269 e. The van der Waals surface area contributed by atoms with Gasteiger partial charge in [-0.15, -0.1) is 0 Å². The van der Waals surface area contributed by atoms with Crippen molar-refractivity contribution in [3.8, 4) is 5.75 Å². The van der Waals surface area contributed by atoms with E-state index in [0.717, 1.165) is 5.56 Å². The molecular weight excluding hydrogens is 324 g/mol. The number of hydrogen-bond donors (Lipinski definition) is 0. The van der Waals surface area contributed by atoms with E-state index < -0.39 is 16.4 Å². The molecule has 0 radical (unpaired) electrons. The highest BCUT2D eigenvalue weighted by Gasteiger charge is 2.36. The Balaban J connectivity index is 1.80. The van der Waals surface area contributed by atoms with Crippen molar-refractivity contribution in [2.24, 2.45) is 5.41 Å². The summed E-state index contributed by atoms with van der Waals surface area (Å²) in [7, 11) is 0. The van der Waals surface area contributed by atoms with Gasteiger partial charge in [0.05, 0.1) is 4.92 Å². The van der Waals surface area contributed by atoms with Crippen LogP contribution in [-0.2, 0) is 11.2 Å². The molecule has 2 unspecified atom stereocenters. The fraction of sp³-hybridized carbons (Fsp3) is 0.471. The van der Waals surface area contributed by atoms with Crippen LogP contribution < -0.4 is 4.74 Å². The normalized spacial score (nSPS) is 17.6. The van der Waals surface area contributed by atoms with E-state index in [9.17, 15) is 14.9 Å². The summed E-state index contributed by atoms with van der Waals surface area (Å²) in [6, 6.07) is 4.09. The average Bonchev–Trinajstić information content (AvgIpc) is 3.19. The van der Waals surface area contributed by atoms with Gasteiger partial charge in [0.15, 0.2) is 5.78 Å². The van der Waals surface area contributed by atoms with E-state index in [4.69, 9.17) is 4.74 Å². The van der Waals surface area contributed by atoms with Gasteiger partial charge in [-0.3, -0.25) is 14.9 Å². The van der Waals surface area contributed by atoms with E-state index in [2.05, 4.69) is 10.1 Å². The molecule has 1 aliphatic rings.